The molecule has 0 radical (unpaired) electrons. The lowest BCUT2D eigenvalue weighted by Gasteiger charge is -2.40. The molecule has 2 fully saturated rings. The molecule has 0 spiro atoms. The van der Waals surface area contributed by atoms with Gasteiger partial charge in [0.1, 0.15) is 5.60 Å². The predicted molar refractivity (Wildman–Crippen MR) is 89.4 cm³/mol. The average molecular weight is 330 g/mol. The van der Waals surface area contributed by atoms with Crippen molar-refractivity contribution in [1.82, 2.24) is 10.2 Å². The highest BCUT2D eigenvalue weighted by Gasteiger charge is 2.44. The van der Waals surface area contributed by atoms with Crippen molar-refractivity contribution in [3.05, 3.63) is 0 Å². The summed E-state index contributed by atoms with van der Waals surface area (Å²) in [6.07, 6.45) is 5.65. The maximum Gasteiger partial charge on any atom is 0.410 e. The van der Waals surface area contributed by atoms with Gasteiger partial charge in [-0.15, -0.1) is 0 Å². The summed E-state index contributed by atoms with van der Waals surface area (Å²) in [5.74, 6) is 0.682. The fourth-order valence-electron chi connectivity index (χ4n) is 3.73. The van der Waals surface area contributed by atoms with Gasteiger partial charge in [0.05, 0.1) is 0 Å². The van der Waals surface area contributed by atoms with E-state index in [0.717, 1.165) is 25.7 Å². The number of nitrogens with zero attached hydrogens (tertiary/aromatic N) is 1. The zero-order valence-electron chi connectivity index (χ0n) is 14.4. The summed E-state index contributed by atoms with van der Waals surface area (Å²) in [6.45, 7) is 7.82. The smallest absolute Gasteiger partial charge is 0.410 e. The molecule has 22 heavy (non-hydrogen) atoms. The molecule has 1 N–H and O–H groups in total. The number of fused-ring (bicyclic) bond motifs is 2. The minimum absolute atomic E-state index is 0.166. The van der Waals surface area contributed by atoms with Crippen LogP contribution >= 0.6 is 0 Å². The number of hydrogen-bond acceptors (Lipinski definition) is 4. The summed E-state index contributed by atoms with van der Waals surface area (Å²) in [5.41, 5.74) is -0.439. The van der Waals surface area contributed by atoms with Gasteiger partial charge in [-0.2, -0.15) is 0 Å². The van der Waals surface area contributed by atoms with Crippen molar-refractivity contribution < 1.29 is 13.7 Å². The van der Waals surface area contributed by atoms with Crippen molar-refractivity contribution in [2.75, 3.05) is 12.0 Å². The lowest BCUT2D eigenvalue weighted by Crippen LogP contribution is -2.54. The van der Waals surface area contributed by atoms with Crippen molar-refractivity contribution in [2.24, 2.45) is 0 Å². The SMILES string of the molecule is CC(CS(C)=O)NC1CC2CCC(C1)N2C(=O)OC(C)(C)C. The number of carbonyl (C=O) groups is 1. The topological polar surface area (TPSA) is 58.6 Å². The zero-order chi connectivity index (χ0) is 16.5. The minimum Gasteiger partial charge on any atom is -0.444 e. The molecule has 2 aliphatic heterocycles. The van der Waals surface area contributed by atoms with Gasteiger partial charge in [-0.3, -0.25) is 4.21 Å². The van der Waals surface area contributed by atoms with Crippen molar-refractivity contribution in [3.8, 4) is 0 Å². The Labute approximate surface area is 136 Å². The van der Waals surface area contributed by atoms with Crippen molar-refractivity contribution in [3.63, 3.8) is 0 Å². The molecule has 2 aliphatic rings. The van der Waals surface area contributed by atoms with Crippen LogP contribution < -0.4 is 5.32 Å². The van der Waals surface area contributed by atoms with Crippen LogP contribution in [0.3, 0.4) is 0 Å². The van der Waals surface area contributed by atoms with E-state index in [2.05, 4.69) is 12.2 Å². The quantitative estimate of drug-likeness (QED) is 0.859. The first-order valence-corrected chi connectivity index (χ1v) is 9.96. The summed E-state index contributed by atoms with van der Waals surface area (Å²) >= 11 is 0. The van der Waals surface area contributed by atoms with Crippen molar-refractivity contribution in [2.45, 2.75) is 83.1 Å². The molecule has 0 aliphatic carbocycles. The molecule has 4 unspecified atom stereocenters. The Kier molecular flexibility index (Phi) is 5.54. The van der Waals surface area contributed by atoms with Crippen LogP contribution in [0.25, 0.3) is 0 Å². The molecule has 0 aromatic rings. The third-order valence-corrected chi connectivity index (χ3v) is 5.31. The Morgan fingerprint density at radius 1 is 1.32 bits per heavy atom. The predicted octanol–water partition coefficient (Wildman–Crippen LogP) is 2.27. The lowest BCUT2D eigenvalue weighted by molar-refractivity contribution is 0.00448. The summed E-state index contributed by atoms with van der Waals surface area (Å²) in [4.78, 5) is 14.4. The highest BCUT2D eigenvalue weighted by Crippen LogP contribution is 2.36. The van der Waals surface area contributed by atoms with Crippen molar-refractivity contribution >= 4 is 16.9 Å². The van der Waals surface area contributed by atoms with Crippen LogP contribution in [0, 0.1) is 0 Å². The highest BCUT2D eigenvalue weighted by atomic mass is 32.2. The van der Waals surface area contributed by atoms with Crippen LogP contribution in [0.2, 0.25) is 0 Å². The Morgan fingerprint density at radius 3 is 2.32 bits per heavy atom. The van der Waals surface area contributed by atoms with E-state index in [0.29, 0.717) is 11.8 Å². The van der Waals surface area contributed by atoms with Crippen molar-refractivity contribution in [1.29, 1.82) is 0 Å². The fraction of sp³-hybridized carbons (Fsp3) is 0.938. The van der Waals surface area contributed by atoms with E-state index in [4.69, 9.17) is 4.74 Å². The summed E-state index contributed by atoms with van der Waals surface area (Å²) < 4.78 is 16.9. The van der Waals surface area contributed by atoms with Gasteiger partial charge in [0.2, 0.25) is 0 Å². The zero-order valence-corrected chi connectivity index (χ0v) is 15.2. The van der Waals surface area contributed by atoms with Gasteiger partial charge < -0.3 is 15.0 Å². The van der Waals surface area contributed by atoms with E-state index < -0.39 is 16.4 Å². The first-order chi connectivity index (χ1) is 10.2. The van der Waals surface area contributed by atoms with Crippen LogP contribution in [-0.4, -0.2) is 57.0 Å². The van der Waals surface area contributed by atoms with Crippen LogP contribution in [0.15, 0.2) is 0 Å². The second-order valence-electron chi connectivity index (χ2n) is 7.75. The van der Waals surface area contributed by atoms with Gasteiger partial charge in [-0.25, -0.2) is 4.79 Å². The lowest BCUT2D eigenvalue weighted by atomic mass is 9.97. The number of amides is 1. The van der Waals surface area contributed by atoms with Gasteiger partial charge >= 0.3 is 6.09 Å². The van der Waals surface area contributed by atoms with Crippen LogP contribution in [0.1, 0.15) is 53.4 Å². The maximum atomic E-state index is 12.4. The van der Waals surface area contributed by atoms with Gasteiger partial charge in [-0.05, 0) is 53.4 Å². The molecule has 2 bridgehead atoms. The van der Waals surface area contributed by atoms with Crippen LogP contribution in [0.4, 0.5) is 4.79 Å². The molecular weight excluding hydrogens is 300 g/mol. The van der Waals surface area contributed by atoms with Gasteiger partial charge in [0.15, 0.2) is 0 Å². The number of piperidine rings is 1. The molecule has 6 heteroatoms. The molecule has 0 aromatic carbocycles. The third-order valence-electron chi connectivity index (χ3n) is 4.34. The Balaban J connectivity index is 1.91. The first-order valence-electron chi connectivity index (χ1n) is 8.23. The normalized spacial score (nSPS) is 31.0. The molecule has 1 amide bonds. The fourth-order valence-corrected chi connectivity index (χ4v) is 4.53. The minimum atomic E-state index is -0.775. The van der Waals surface area contributed by atoms with Gasteiger partial charge in [0.25, 0.3) is 0 Å². The third kappa shape index (κ3) is 4.69. The number of nitrogens with one attached hydrogen (secondary N) is 1. The Hall–Kier alpha value is -0.620. The summed E-state index contributed by atoms with van der Waals surface area (Å²) in [7, 11) is -0.775. The molecule has 128 valence electrons. The number of carbonyl (C=O) groups excluding carboxylic acids is 1. The van der Waals surface area contributed by atoms with E-state index in [-0.39, 0.29) is 24.2 Å². The Morgan fingerprint density at radius 2 is 1.86 bits per heavy atom. The van der Waals surface area contributed by atoms with E-state index in [1.807, 2.05) is 25.7 Å². The largest absolute Gasteiger partial charge is 0.444 e. The average Bonchev–Trinajstić information content (AvgIpc) is 2.58. The number of ether oxygens (including phenoxy) is 1. The molecule has 0 aromatic heterocycles. The summed E-state index contributed by atoms with van der Waals surface area (Å²) in [5, 5.41) is 3.59. The number of hydrogen-bond donors (Lipinski definition) is 1. The number of rotatable bonds is 4. The molecule has 4 atom stereocenters. The van der Waals surface area contributed by atoms with E-state index in [9.17, 15) is 9.00 Å². The molecule has 2 rings (SSSR count). The van der Waals surface area contributed by atoms with E-state index in [1.54, 1.807) is 6.26 Å². The van der Waals surface area contributed by atoms with Crippen LogP contribution in [-0.2, 0) is 15.5 Å². The van der Waals surface area contributed by atoms with E-state index >= 15 is 0 Å². The second kappa shape index (κ2) is 6.87. The monoisotopic (exact) mass is 330 g/mol. The summed E-state index contributed by atoms with van der Waals surface area (Å²) in [6, 6.07) is 1.23. The molecule has 2 saturated heterocycles. The van der Waals surface area contributed by atoms with Gasteiger partial charge in [0, 0.05) is 47.0 Å². The van der Waals surface area contributed by atoms with Crippen LogP contribution in [0.5, 0.6) is 0 Å². The van der Waals surface area contributed by atoms with Gasteiger partial charge in [-0.1, -0.05) is 0 Å². The molecule has 5 nitrogen and oxygen atoms in total. The first kappa shape index (κ1) is 17.7. The van der Waals surface area contributed by atoms with E-state index in [1.165, 1.54) is 0 Å². The Bertz CT molecular complexity index is 422. The molecular formula is C16H30N2O3S. The maximum absolute atomic E-state index is 12.4. The molecule has 0 saturated carbocycles. The molecule has 2 heterocycles. The standard InChI is InChI=1S/C16H30N2O3S/c1-11(10-22(5)20)17-12-8-13-6-7-14(9-12)18(13)15(19)21-16(2,3)4/h11-14,17H,6-10H2,1-5H3. The second-order valence-corrected chi connectivity index (χ2v) is 9.23. The highest BCUT2D eigenvalue weighted by molar-refractivity contribution is 7.84.